The maximum atomic E-state index is 11.5. The quantitative estimate of drug-likeness (QED) is 0.567. The average Bonchev–Trinajstić information content (AvgIpc) is 2.83. The molecule has 0 radical (unpaired) electrons. The lowest BCUT2D eigenvalue weighted by Crippen LogP contribution is -2.05. The molecule has 0 amide bonds. The molecule has 0 aromatic carbocycles. The molecule has 12 heavy (non-hydrogen) atoms. The molecule has 1 saturated carbocycles. The van der Waals surface area contributed by atoms with Crippen molar-refractivity contribution in [1.29, 1.82) is 0 Å². The first-order valence-corrected chi connectivity index (χ1v) is 4.65. The average molecular weight is 227 g/mol. The third kappa shape index (κ3) is 1.39. The first-order valence-electron chi connectivity index (χ1n) is 3.73. The second-order valence-corrected chi connectivity index (χ2v) is 3.99. The molecule has 0 saturated heterocycles. The van der Waals surface area contributed by atoms with Crippen molar-refractivity contribution in [3.63, 3.8) is 0 Å². The second-order valence-electron chi connectivity index (χ2n) is 2.81. The van der Waals surface area contributed by atoms with Gasteiger partial charge in [0.1, 0.15) is 5.69 Å². The van der Waals surface area contributed by atoms with Gasteiger partial charge >= 0.3 is 0 Å². The number of hydrogen-bond acceptors (Lipinski definition) is 3. The van der Waals surface area contributed by atoms with Crippen molar-refractivity contribution < 1.29 is 4.79 Å². The first kappa shape index (κ1) is 7.86. The number of carbonyl (C=O) groups is 1. The number of nitrogens with zero attached hydrogens (tertiary/aromatic N) is 2. The smallest absolute Gasteiger partial charge is 0.186 e. The summed E-state index contributed by atoms with van der Waals surface area (Å²) in [6.07, 6.45) is 5.55. The fourth-order valence-corrected chi connectivity index (χ4v) is 1.69. The molecule has 3 nitrogen and oxygen atoms in total. The predicted octanol–water partition coefficient (Wildman–Crippen LogP) is 1.44. The molecule has 2 atom stereocenters. The number of carbonyl (C=O) groups excluding carboxylic acids is 1. The van der Waals surface area contributed by atoms with Gasteiger partial charge in [-0.2, -0.15) is 0 Å². The Kier molecular flexibility index (Phi) is 1.92. The topological polar surface area (TPSA) is 42.9 Å². The lowest BCUT2D eigenvalue weighted by atomic mass is 10.2. The van der Waals surface area contributed by atoms with Crippen LogP contribution in [0.5, 0.6) is 0 Å². The molecular weight excluding hydrogens is 220 g/mol. The SMILES string of the molecule is O=C(c1cnccn1)C1CC1Br. The maximum absolute atomic E-state index is 11.5. The molecule has 1 fully saturated rings. The molecule has 2 rings (SSSR count). The van der Waals surface area contributed by atoms with E-state index in [9.17, 15) is 4.79 Å². The standard InChI is InChI=1S/C8H7BrN2O/c9-6-3-5(6)8(12)7-4-10-1-2-11-7/h1-2,4-6H,3H2. The zero-order valence-corrected chi connectivity index (χ0v) is 7.86. The number of ketones is 1. The van der Waals surface area contributed by atoms with Gasteiger partial charge in [-0.25, -0.2) is 4.98 Å². The fourth-order valence-electron chi connectivity index (χ4n) is 1.05. The van der Waals surface area contributed by atoms with Crippen LogP contribution in [-0.4, -0.2) is 20.6 Å². The van der Waals surface area contributed by atoms with Crippen LogP contribution in [0.1, 0.15) is 16.9 Å². The number of aromatic nitrogens is 2. The minimum absolute atomic E-state index is 0.102. The van der Waals surface area contributed by atoms with Crippen molar-refractivity contribution in [2.75, 3.05) is 0 Å². The summed E-state index contributed by atoms with van der Waals surface area (Å²) >= 11 is 3.38. The summed E-state index contributed by atoms with van der Waals surface area (Å²) in [6, 6.07) is 0. The van der Waals surface area contributed by atoms with Crippen LogP contribution in [0.2, 0.25) is 0 Å². The second kappa shape index (κ2) is 2.94. The fraction of sp³-hybridized carbons (Fsp3) is 0.375. The van der Waals surface area contributed by atoms with Crippen molar-refractivity contribution in [2.24, 2.45) is 5.92 Å². The van der Waals surface area contributed by atoms with Gasteiger partial charge in [0.25, 0.3) is 0 Å². The zero-order valence-electron chi connectivity index (χ0n) is 6.27. The van der Waals surface area contributed by atoms with Crippen LogP contribution in [0.25, 0.3) is 0 Å². The minimum atomic E-state index is 0.102. The van der Waals surface area contributed by atoms with Gasteiger partial charge in [-0.15, -0.1) is 0 Å². The lowest BCUT2D eigenvalue weighted by Gasteiger charge is -1.94. The molecule has 1 aliphatic rings. The van der Waals surface area contributed by atoms with Gasteiger partial charge in [0, 0.05) is 23.1 Å². The van der Waals surface area contributed by atoms with E-state index < -0.39 is 0 Å². The Balaban J connectivity index is 2.16. The number of Topliss-reactive ketones (excluding diaryl/α,β-unsaturated/α-hetero) is 1. The number of hydrogen-bond donors (Lipinski definition) is 0. The first-order chi connectivity index (χ1) is 5.79. The van der Waals surface area contributed by atoms with Crippen LogP contribution in [0.15, 0.2) is 18.6 Å². The Morgan fingerprint density at radius 1 is 1.58 bits per heavy atom. The van der Waals surface area contributed by atoms with Crippen molar-refractivity contribution >= 4 is 21.7 Å². The van der Waals surface area contributed by atoms with Crippen LogP contribution in [0.3, 0.4) is 0 Å². The predicted molar refractivity (Wildman–Crippen MR) is 47.2 cm³/mol. The van der Waals surface area contributed by atoms with Gasteiger partial charge in [0.05, 0.1) is 6.20 Å². The number of rotatable bonds is 2. The summed E-state index contributed by atoms with van der Waals surface area (Å²) in [4.78, 5) is 19.6. The maximum Gasteiger partial charge on any atom is 0.186 e. The summed E-state index contributed by atoms with van der Waals surface area (Å²) in [5.41, 5.74) is 0.476. The van der Waals surface area contributed by atoms with E-state index >= 15 is 0 Å². The highest BCUT2D eigenvalue weighted by Crippen LogP contribution is 2.39. The van der Waals surface area contributed by atoms with Crippen LogP contribution in [0, 0.1) is 5.92 Å². The van der Waals surface area contributed by atoms with E-state index in [0.29, 0.717) is 10.5 Å². The lowest BCUT2D eigenvalue weighted by molar-refractivity contribution is 0.0963. The van der Waals surface area contributed by atoms with Gasteiger partial charge in [-0.3, -0.25) is 9.78 Å². The minimum Gasteiger partial charge on any atom is -0.292 e. The molecule has 0 aliphatic heterocycles. The van der Waals surface area contributed by atoms with Crippen LogP contribution >= 0.6 is 15.9 Å². The van der Waals surface area contributed by atoms with Crippen LogP contribution < -0.4 is 0 Å². The summed E-state index contributed by atoms with van der Waals surface area (Å²) in [5.74, 6) is 0.228. The summed E-state index contributed by atoms with van der Waals surface area (Å²) in [6.45, 7) is 0. The van der Waals surface area contributed by atoms with Gasteiger partial charge < -0.3 is 0 Å². The third-order valence-corrected chi connectivity index (χ3v) is 2.88. The molecule has 1 aromatic rings. The number of halogens is 1. The van der Waals surface area contributed by atoms with E-state index in [1.807, 2.05) is 0 Å². The molecule has 2 unspecified atom stereocenters. The van der Waals surface area contributed by atoms with Gasteiger partial charge in [0.15, 0.2) is 5.78 Å². The number of alkyl halides is 1. The Labute approximate surface area is 78.4 Å². The van der Waals surface area contributed by atoms with Crippen molar-refractivity contribution in [1.82, 2.24) is 9.97 Å². The summed E-state index contributed by atoms with van der Waals surface area (Å²) < 4.78 is 0. The van der Waals surface area contributed by atoms with Crippen LogP contribution in [-0.2, 0) is 0 Å². The van der Waals surface area contributed by atoms with Crippen molar-refractivity contribution in [3.8, 4) is 0 Å². The summed E-state index contributed by atoms with van der Waals surface area (Å²) in [7, 11) is 0. The van der Waals surface area contributed by atoms with Gasteiger partial charge in [-0.05, 0) is 6.42 Å². The Hall–Kier alpha value is -0.770. The molecule has 4 heteroatoms. The highest BCUT2D eigenvalue weighted by molar-refractivity contribution is 9.09. The monoisotopic (exact) mass is 226 g/mol. The van der Waals surface area contributed by atoms with E-state index in [2.05, 4.69) is 25.9 Å². The van der Waals surface area contributed by atoms with Gasteiger partial charge in [-0.1, -0.05) is 15.9 Å². The Bertz CT molecular complexity index is 301. The zero-order chi connectivity index (χ0) is 8.55. The Morgan fingerprint density at radius 2 is 2.33 bits per heavy atom. The molecule has 1 heterocycles. The van der Waals surface area contributed by atoms with Gasteiger partial charge in [0.2, 0.25) is 0 Å². The van der Waals surface area contributed by atoms with E-state index in [-0.39, 0.29) is 11.7 Å². The highest BCUT2D eigenvalue weighted by Gasteiger charge is 2.41. The molecule has 0 spiro atoms. The molecular formula is C8H7BrN2O. The van der Waals surface area contributed by atoms with E-state index in [1.54, 1.807) is 12.4 Å². The van der Waals surface area contributed by atoms with Crippen LogP contribution in [0.4, 0.5) is 0 Å². The molecule has 1 aromatic heterocycles. The van der Waals surface area contributed by atoms with E-state index in [0.717, 1.165) is 6.42 Å². The Morgan fingerprint density at radius 3 is 2.83 bits per heavy atom. The van der Waals surface area contributed by atoms with Crippen molar-refractivity contribution in [3.05, 3.63) is 24.3 Å². The molecule has 1 aliphatic carbocycles. The normalized spacial score (nSPS) is 26.8. The summed E-state index contributed by atoms with van der Waals surface area (Å²) in [5, 5.41) is 0. The molecule has 0 bridgehead atoms. The highest BCUT2D eigenvalue weighted by atomic mass is 79.9. The van der Waals surface area contributed by atoms with E-state index in [1.165, 1.54) is 6.20 Å². The molecule has 0 N–H and O–H groups in total. The van der Waals surface area contributed by atoms with Crippen molar-refractivity contribution in [2.45, 2.75) is 11.2 Å². The largest absolute Gasteiger partial charge is 0.292 e. The molecule has 62 valence electrons. The van der Waals surface area contributed by atoms with E-state index in [4.69, 9.17) is 0 Å². The third-order valence-electron chi connectivity index (χ3n) is 1.86.